The summed E-state index contributed by atoms with van der Waals surface area (Å²) < 4.78 is 37.1. The second kappa shape index (κ2) is 7.17. The van der Waals surface area contributed by atoms with Crippen molar-refractivity contribution in [3.05, 3.63) is 65.5 Å². The van der Waals surface area contributed by atoms with Crippen LogP contribution >= 0.6 is 11.8 Å². The number of carbonyl (C=O) groups excluding carboxylic acids is 1. The number of rotatable bonds is 5. The van der Waals surface area contributed by atoms with E-state index in [-0.39, 0.29) is 18.3 Å². The molecule has 0 aliphatic carbocycles. The van der Waals surface area contributed by atoms with Gasteiger partial charge in [0.2, 0.25) is 0 Å². The van der Waals surface area contributed by atoms with Gasteiger partial charge in [-0.2, -0.15) is 8.78 Å². The van der Waals surface area contributed by atoms with Crippen molar-refractivity contribution in [2.24, 2.45) is 0 Å². The molecular formula is C15H12F3NOS. The predicted octanol–water partition coefficient (Wildman–Crippen LogP) is 4.07. The lowest BCUT2D eigenvalue weighted by Crippen LogP contribution is -2.22. The number of amides is 1. The first kappa shape index (κ1) is 15.4. The molecule has 21 heavy (non-hydrogen) atoms. The highest BCUT2D eigenvalue weighted by molar-refractivity contribution is 7.99. The largest absolute Gasteiger partial charge is 0.348 e. The maximum atomic E-state index is 12.7. The van der Waals surface area contributed by atoms with Crippen molar-refractivity contribution < 1.29 is 18.0 Å². The van der Waals surface area contributed by atoms with Crippen LogP contribution in [-0.2, 0) is 6.54 Å². The molecule has 0 atom stereocenters. The lowest BCUT2D eigenvalue weighted by atomic mass is 10.2. The fourth-order valence-electron chi connectivity index (χ4n) is 1.67. The number of nitrogens with one attached hydrogen (secondary N) is 1. The minimum atomic E-state index is -2.48. The van der Waals surface area contributed by atoms with Gasteiger partial charge in [0.1, 0.15) is 5.82 Å². The van der Waals surface area contributed by atoms with Gasteiger partial charge >= 0.3 is 0 Å². The van der Waals surface area contributed by atoms with E-state index < -0.39 is 5.76 Å². The van der Waals surface area contributed by atoms with Crippen LogP contribution in [0, 0.1) is 5.82 Å². The van der Waals surface area contributed by atoms with Gasteiger partial charge < -0.3 is 5.32 Å². The van der Waals surface area contributed by atoms with Crippen molar-refractivity contribution in [3.63, 3.8) is 0 Å². The molecule has 0 aliphatic rings. The molecule has 2 rings (SSSR count). The van der Waals surface area contributed by atoms with Crippen molar-refractivity contribution in [3.8, 4) is 0 Å². The first-order valence-electron chi connectivity index (χ1n) is 6.12. The standard InChI is InChI=1S/C15H12F3NOS/c16-12-5-1-10(2-6-12)9-19-14(20)11-3-7-13(8-4-11)21-15(17)18/h1-8,15H,9H2,(H,19,20). The number of thioether (sulfide) groups is 1. The summed E-state index contributed by atoms with van der Waals surface area (Å²) in [6.07, 6.45) is 0. The molecule has 0 heterocycles. The Hall–Kier alpha value is -1.95. The van der Waals surface area contributed by atoms with E-state index in [2.05, 4.69) is 5.32 Å². The number of halogens is 3. The Labute approximate surface area is 124 Å². The second-order valence-corrected chi connectivity index (χ2v) is 5.28. The molecule has 0 fully saturated rings. The van der Waals surface area contributed by atoms with Gasteiger partial charge in [-0.3, -0.25) is 4.79 Å². The summed E-state index contributed by atoms with van der Waals surface area (Å²) in [5.41, 5.74) is 1.16. The van der Waals surface area contributed by atoms with Crippen LogP contribution in [0.2, 0.25) is 0 Å². The van der Waals surface area contributed by atoms with Crippen LogP contribution in [0.3, 0.4) is 0 Å². The molecule has 2 aromatic rings. The number of carbonyl (C=O) groups is 1. The summed E-state index contributed by atoms with van der Waals surface area (Å²) in [6.45, 7) is 0.270. The first-order chi connectivity index (χ1) is 10.0. The lowest BCUT2D eigenvalue weighted by molar-refractivity contribution is 0.0951. The third-order valence-electron chi connectivity index (χ3n) is 2.71. The SMILES string of the molecule is O=C(NCc1ccc(F)cc1)c1ccc(SC(F)F)cc1. The van der Waals surface area contributed by atoms with Gasteiger partial charge in [0.05, 0.1) is 0 Å². The van der Waals surface area contributed by atoms with Crippen molar-refractivity contribution in [2.45, 2.75) is 17.2 Å². The average molecular weight is 311 g/mol. The monoisotopic (exact) mass is 311 g/mol. The molecule has 0 radical (unpaired) electrons. The van der Waals surface area contributed by atoms with Gasteiger partial charge in [0.15, 0.2) is 0 Å². The van der Waals surface area contributed by atoms with Crippen LogP contribution in [0.15, 0.2) is 53.4 Å². The number of hydrogen-bond acceptors (Lipinski definition) is 2. The maximum Gasteiger partial charge on any atom is 0.288 e. The Morgan fingerprint density at radius 2 is 1.67 bits per heavy atom. The minimum absolute atomic E-state index is 0.270. The Bertz CT molecular complexity index is 599. The maximum absolute atomic E-state index is 12.7. The Balaban J connectivity index is 1.92. The molecule has 0 unspecified atom stereocenters. The fraction of sp³-hybridized carbons (Fsp3) is 0.133. The molecule has 6 heteroatoms. The van der Waals surface area contributed by atoms with Crippen LogP contribution in [-0.4, -0.2) is 11.7 Å². The average Bonchev–Trinajstić information content (AvgIpc) is 2.46. The van der Waals surface area contributed by atoms with E-state index in [4.69, 9.17) is 0 Å². The molecule has 0 aromatic heterocycles. The quantitative estimate of drug-likeness (QED) is 0.843. The molecule has 2 nitrogen and oxygen atoms in total. The van der Waals surface area contributed by atoms with Crippen molar-refractivity contribution in [1.82, 2.24) is 5.32 Å². The van der Waals surface area contributed by atoms with Gasteiger partial charge in [-0.15, -0.1) is 0 Å². The number of hydrogen-bond donors (Lipinski definition) is 1. The molecule has 1 amide bonds. The molecule has 110 valence electrons. The van der Waals surface area contributed by atoms with E-state index in [1.165, 1.54) is 36.4 Å². The van der Waals surface area contributed by atoms with E-state index >= 15 is 0 Å². The predicted molar refractivity (Wildman–Crippen MR) is 75.9 cm³/mol. The summed E-state index contributed by atoms with van der Waals surface area (Å²) in [5.74, 6) is -3.13. The van der Waals surface area contributed by atoms with Gasteiger partial charge in [-0.25, -0.2) is 4.39 Å². The van der Waals surface area contributed by atoms with E-state index in [9.17, 15) is 18.0 Å². The van der Waals surface area contributed by atoms with E-state index in [1.54, 1.807) is 12.1 Å². The van der Waals surface area contributed by atoms with Gasteiger partial charge in [-0.1, -0.05) is 23.9 Å². The summed E-state index contributed by atoms with van der Waals surface area (Å²) in [7, 11) is 0. The van der Waals surface area contributed by atoms with E-state index in [1.807, 2.05) is 0 Å². The number of alkyl halides is 2. The second-order valence-electron chi connectivity index (χ2n) is 4.21. The molecule has 0 aliphatic heterocycles. The topological polar surface area (TPSA) is 29.1 Å². The van der Waals surface area contributed by atoms with E-state index in [0.717, 1.165) is 5.56 Å². The third kappa shape index (κ3) is 4.82. The summed E-state index contributed by atoms with van der Waals surface area (Å²) in [5, 5.41) is 2.68. The molecule has 1 N–H and O–H groups in total. The minimum Gasteiger partial charge on any atom is -0.348 e. The van der Waals surface area contributed by atoms with Crippen LogP contribution in [0.5, 0.6) is 0 Å². The Morgan fingerprint density at radius 3 is 2.24 bits per heavy atom. The van der Waals surface area contributed by atoms with Crippen molar-refractivity contribution in [1.29, 1.82) is 0 Å². The zero-order valence-corrected chi connectivity index (χ0v) is 11.7. The van der Waals surface area contributed by atoms with Crippen LogP contribution in [0.4, 0.5) is 13.2 Å². The highest BCUT2D eigenvalue weighted by Crippen LogP contribution is 2.25. The van der Waals surface area contributed by atoms with Crippen LogP contribution < -0.4 is 5.32 Å². The van der Waals surface area contributed by atoms with Crippen molar-refractivity contribution >= 4 is 17.7 Å². The number of benzene rings is 2. The molecule has 0 saturated carbocycles. The fourth-order valence-corrected chi connectivity index (χ4v) is 2.17. The zero-order chi connectivity index (χ0) is 15.2. The van der Waals surface area contributed by atoms with Gasteiger partial charge in [-0.05, 0) is 42.0 Å². The normalized spacial score (nSPS) is 10.7. The van der Waals surface area contributed by atoms with Crippen LogP contribution in [0.1, 0.15) is 15.9 Å². The molecule has 0 saturated heterocycles. The highest BCUT2D eigenvalue weighted by Gasteiger charge is 2.08. The third-order valence-corrected chi connectivity index (χ3v) is 3.43. The summed E-state index contributed by atoms with van der Waals surface area (Å²) in [6, 6.07) is 11.7. The Kier molecular flexibility index (Phi) is 5.27. The molecule has 0 bridgehead atoms. The summed E-state index contributed by atoms with van der Waals surface area (Å²) >= 11 is 0.430. The first-order valence-corrected chi connectivity index (χ1v) is 7.00. The van der Waals surface area contributed by atoms with Crippen LogP contribution in [0.25, 0.3) is 0 Å². The van der Waals surface area contributed by atoms with Gasteiger partial charge in [0.25, 0.3) is 11.7 Å². The zero-order valence-electron chi connectivity index (χ0n) is 10.9. The van der Waals surface area contributed by atoms with E-state index in [0.29, 0.717) is 22.2 Å². The van der Waals surface area contributed by atoms with Crippen molar-refractivity contribution in [2.75, 3.05) is 0 Å². The smallest absolute Gasteiger partial charge is 0.288 e. The molecule has 2 aromatic carbocycles. The lowest BCUT2D eigenvalue weighted by Gasteiger charge is -2.06. The summed E-state index contributed by atoms with van der Waals surface area (Å²) in [4.78, 5) is 12.3. The molecular weight excluding hydrogens is 299 g/mol. The Morgan fingerprint density at radius 1 is 1.05 bits per heavy atom. The molecule has 0 spiro atoms. The highest BCUT2D eigenvalue weighted by atomic mass is 32.2. The van der Waals surface area contributed by atoms with Gasteiger partial charge in [0, 0.05) is 17.0 Å².